The van der Waals surface area contributed by atoms with Gasteiger partial charge < -0.3 is 15.3 Å². The van der Waals surface area contributed by atoms with Crippen LogP contribution < -0.4 is 5.32 Å². The molecule has 2 N–H and O–H groups in total. The van der Waals surface area contributed by atoms with Crippen molar-refractivity contribution in [2.75, 3.05) is 18.8 Å². The van der Waals surface area contributed by atoms with Gasteiger partial charge in [-0.3, -0.25) is 9.59 Å². The van der Waals surface area contributed by atoms with E-state index in [2.05, 4.69) is 5.32 Å². The minimum Gasteiger partial charge on any atom is -0.480 e. The zero-order valence-corrected chi connectivity index (χ0v) is 12.2. The van der Waals surface area contributed by atoms with Crippen molar-refractivity contribution in [2.45, 2.75) is 44.1 Å². The Kier molecular flexibility index (Phi) is 4.91. The Balaban J connectivity index is 1.85. The number of amides is 2. The predicted molar refractivity (Wildman–Crippen MR) is 75.6 cm³/mol. The zero-order valence-electron chi connectivity index (χ0n) is 11.4. The molecular formula is C13H20N2O4S. The maximum absolute atomic E-state index is 12.0. The molecule has 2 fully saturated rings. The molecule has 0 unspecified atom stereocenters. The molecule has 1 saturated carbocycles. The Morgan fingerprint density at radius 3 is 2.55 bits per heavy atom. The summed E-state index contributed by atoms with van der Waals surface area (Å²) in [6.45, 7) is 1.04. The first-order valence-electron chi connectivity index (χ1n) is 7.00. The molecule has 7 heteroatoms. The first kappa shape index (κ1) is 15.2. The molecule has 0 bridgehead atoms. The number of hydrogen-bond acceptors (Lipinski definition) is 4. The smallest absolute Gasteiger partial charge is 0.329 e. The standard InChI is InChI=1S/C13H20N2O4S/c16-10(4-7-15-8-9-20-12(15)19)14-13(11(17)18)5-2-1-3-6-13/h1-9H2,(H,14,16)(H,17,18). The number of carboxylic acids is 1. The quantitative estimate of drug-likeness (QED) is 0.802. The van der Waals surface area contributed by atoms with Crippen molar-refractivity contribution in [3.05, 3.63) is 0 Å². The number of carboxylic acid groups (broad SMARTS) is 1. The summed E-state index contributed by atoms with van der Waals surface area (Å²) in [4.78, 5) is 36.5. The summed E-state index contributed by atoms with van der Waals surface area (Å²) < 4.78 is 0. The SMILES string of the molecule is O=C(CCN1CCSC1=O)NC1(C(=O)O)CCCCC1. The third-order valence-electron chi connectivity index (χ3n) is 3.95. The molecular weight excluding hydrogens is 280 g/mol. The summed E-state index contributed by atoms with van der Waals surface area (Å²) in [5, 5.41) is 12.1. The topological polar surface area (TPSA) is 86.7 Å². The van der Waals surface area contributed by atoms with Gasteiger partial charge in [-0.15, -0.1) is 0 Å². The van der Waals surface area contributed by atoms with Gasteiger partial charge in [-0.05, 0) is 12.8 Å². The maximum Gasteiger partial charge on any atom is 0.329 e. The molecule has 2 aliphatic rings. The van der Waals surface area contributed by atoms with Gasteiger partial charge in [0.2, 0.25) is 5.91 Å². The van der Waals surface area contributed by atoms with E-state index in [0.29, 0.717) is 25.9 Å². The van der Waals surface area contributed by atoms with Gasteiger partial charge >= 0.3 is 5.97 Å². The van der Waals surface area contributed by atoms with Gasteiger partial charge in [-0.2, -0.15) is 0 Å². The van der Waals surface area contributed by atoms with Crippen LogP contribution in [0, 0.1) is 0 Å². The Bertz CT molecular complexity index is 407. The van der Waals surface area contributed by atoms with E-state index in [1.807, 2.05) is 0 Å². The van der Waals surface area contributed by atoms with Crippen LogP contribution in [0.25, 0.3) is 0 Å². The molecule has 20 heavy (non-hydrogen) atoms. The lowest BCUT2D eigenvalue weighted by atomic mass is 9.81. The summed E-state index contributed by atoms with van der Waals surface area (Å²) in [6.07, 6.45) is 3.83. The van der Waals surface area contributed by atoms with Crippen molar-refractivity contribution < 1.29 is 19.5 Å². The molecule has 1 aliphatic heterocycles. The molecule has 2 rings (SSSR count). The highest BCUT2D eigenvalue weighted by atomic mass is 32.2. The van der Waals surface area contributed by atoms with E-state index in [1.165, 1.54) is 11.8 Å². The van der Waals surface area contributed by atoms with Gasteiger partial charge in [-0.25, -0.2) is 4.79 Å². The third-order valence-corrected chi connectivity index (χ3v) is 4.84. The van der Waals surface area contributed by atoms with Crippen molar-refractivity contribution in [2.24, 2.45) is 0 Å². The van der Waals surface area contributed by atoms with E-state index < -0.39 is 11.5 Å². The number of nitrogens with one attached hydrogen (secondary N) is 1. The highest BCUT2D eigenvalue weighted by Gasteiger charge is 2.40. The average molecular weight is 300 g/mol. The Morgan fingerprint density at radius 2 is 2.00 bits per heavy atom. The molecule has 0 aromatic rings. The number of carbonyl (C=O) groups excluding carboxylic acids is 2. The third kappa shape index (κ3) is 3.45. The largest absolute Gasteiger partial charge is 0.480 e. The van der Waals surface area contributed by atoms with Gasteiger partial charge in [0.15, 0.2) is 0 Å². The van der Waals surface area contributed by atoms with Crippen molar-refractivity contribution >= 4 is 28.9 Å². The number of rotatable bonds is 5. The van der Waals surface area contributed by atoms with Crippen LogP contribution in [-0.2, 0) is 9.59 Å². The first-order chi connectivity index (χ1) is 9.53. The van der Waals surface area contributed by atoms with Gasteiger partial charge in [-0.1, -0.05) is 31.0 Å². The van der Waals surface area contributed by atoms with E-state index in [4.69, 9.17) is 0 Å². The minimum absolute atomic E-state index is 0.00316. The average Bonchev–Trinajstić information content (AvgIpc) is 2.83. The van der Waals surface area contributed by atoms with Crippen molar-refractivity contribution in [3.8, 4) is 0 Å². The van der Waals surface area contributed by atoms with E-state index >= 15 is 0 Å². The molecule has 0 aromatic heterocycles. The summed E-state index contributed by atoms with van der Waals surface area (Å²) in [5.41, 5.74) is -1.10. The second-order valence-corrected chi connectivity index (χ2v) is 6.39. The Labute approximate surface area is 122 Å². The van der Waals surface area contributed by atoms with Gasteiger partial charge in [0.25, 0.3) is 5.24 Å². The summed E-state index contributed by atoms with van der Waals surface area (Å²) in [7, 11) is 0. The molecule has 0 atom stereocenters. The fourth-order valence-electron chi connectivity index (χ4n) is 2.74. The van der Waals surface area contributed by atoms with Gasteiger partial charge in [0.05, 0.1) is 0 Å². The molecule has 6 nitrogen and oxygen atoms in total. The second-order valence-electron chi connectivity index (χ2n) is 5.35. The van der Waals surface area contributed by atoms with Gasteiger partial charge in [0.1, 0.15) is 5.54 Å². The van der Waals surface area contributed by atoms with Crippen LogP contribution in [0.3, 0.4) is 0 Å². The molecule has 1 saturated heterocycles. The lowest BCUT2D eigenvalue weighted by Gasteiger charge is -2.34. The fraction of sp³-hybridized carbons (Fsp3) is 0.769. The van der Waals surface area contributed by atoms with E-state index in [-0.39, 0.29) is 17.6 Å². The van der Waals surface area contributed by atoms with Crippen LogP contribution in [0.2, 0.25) is 0 Å². The number of hydrogen-bond donors (Lipinski definition) is 2. The molecule has 1 heterocycles. The number of nitrogens with zero attached hydrogens (tertiary/aromatic N) is 1. The van der Waals surface area contributed by atoms with Crippen LogP contribution in [-0.4, -0.2) is 51.5 Å². The minimum atomic E-state index is -1.10. The molecule has 0 aromatic carbocycles. The van der Waals surface area contributed by atoms with Crippen LogP contribution >= 0.6 is 11.8 Å². The van der Waals surface area contributed by atoms with Gasteiger partial charge in [0, 0.05) is 25.3 Å². The van der Waals surface area contributed by atoms with Crippen molar-refractivity contribution in [3.63, 3.8) is 0 Å². The van der Waals surface area contributed by atoms with E-state index in [0.717, 1.165) is 25.0 Å². The first-order valence-corrected chi connectivity index (χ1v) is 7.98. The predicted octanol–water partition coefficient (Wildman–Crippen LogP) is 1.45. The van der Waals surface area contributed by atoms with Crippen molar-refractivity contribution in [1.29, 1.82) is 0 Å². The normalized spacial score (nSPS) is 21.8. The van der Waals surface area contributed by atoms with E-state index in [1.54, 1.807) is 4.90 Å². The lowest BCUT2D eigenvalue weighted by molar-refractivity contribution is -0.149. The molecule has 0 radical (unpaired) electrons. The molecule has 1 aliphatic carbocycles. The molecule has 2 amide bonds. The highest BCUT2D eigenvalue weighted by molar-refractivity contribution is 8.13. The molecule has 0 spiro atoms. The summed E-state index contributed by atoms with van der Waals surface area (Å²) in [6, 6.07) is 0. The number of aliphatic carboxylic acids is 1. The highest BCUT2D eigenvalue weighted by Crippen LogP contribution is 2.28. The van der Waals surface area contributed by atoms with Crippen LogP contribution in [0.5, 0.6) is 0 Å². The fourth-order valence-corrected chi connectivity index (χ4v) is 3.59. The maximum atomic E-state index is 12.0. The van der Waals surface area contributed by atoms with Crippen molar-refractivity contribution in [1.82, 2.24) is 10.2 Å². The monoisotopic (exact) mass is 300 g/mol. The second kappa shape index (κ2) is 6.47. The Hall–Kier alpha value is -1.24. The summed E-state index contributed by atoms with van der Waals surface area (Å²) >= 11 is 1.26. The number of carbonyl (C=O) groups is 3. The lowest BCUT2D eigenvalue weighted by Crippen LogP contribution is -2.55. The van der Waals surface area contributed by atoms with Crippen LogP contribution in [0.1, 0.15) is 38.5 Å². The van der Waals surface area contributed by atoms with Crippen LogP contribution in [0.4, 0.5) is 4.79 Å². The molecule has 112 valence electrons. The van der Waals surface area contributed by atoms with E-state index in [9.17, 15) is 19.5 Å². The van der Waals surface area contributed by atoms with Crippen LogP contribution in [0.15, 0.2) is 0 Å². The Morgan fingerprint density at radius 1 is 1.30 bits per heavy atom. The number of thioether (sulfide) groups is 1. The summed E-state index contributed by atoms with van der Waals surface area (Å²) in [5.74, 6) is -0.461. The zero-order chi connectivity index (χ0) is 14.6.